The number of ether oxygens (including phenoxy) is 2. The molecule has 0 saturated heterocycles. The van der Waals surface area contributed by atoms with Gasteiger partial charge in [0.1, 0.15) is 12.4 Å². The molecule has 20 heavy (non-hydrogen) atoms. The second-order valence-electron chi connectivity index (χ2n) is 4.09. The Kier molecular flexibility index (Phi) is 6.78. The average molecular weight is 357 g/mol. The Morgan fingerprint density at radius 1 is 1.35 bits per heavy atom. The maximum Gasteiger partial charge on any atom is 0.411 e. The van der Waals surface area contributed by atoms with E-state index in [-0.39, 0.29) is 13.0 Å². The van der Waals surface area contributed by atoms with Crippen LogP contribution in [0.1, 0.15) is 25.0 Å². The molecule has 1 aromatic rings. The molecule has 114 valence electrons. The molecule has 0 heterocycles. The Hall–Kier alpha value is -0.790. The summed E-state index contributed by atoms with van der Waals surface area (Å²) >= 11 is 3.30. The Balaban J connectivity index is 2.49. The maximum absolute atomic E-state index is 11.9. The van der Waals surface area contributed by atoms with Gasteiger partial charge in [-0.1, -0.05) is 22.0 Å². The van der Waals surface area contributed by atoms with Gasteiger partial charge in [-0.15, -0.1) is 0 Å². The van der Waals surface area contributed by atoms with E-state index in [0.29, 0.717) is 22.4 Å². The van der Waals surface area contributed by atoms with Crippen LogP contribution in [0.2, 0.25) is 0 Å². The van der Waals surface area contributed by atoms with Crippen LogP contribution in [0.3, 0.4) is 0 Å². The first-order valence-electron chi connectivity index (χ1n) is 6.08. The average Bonchev–Trinajstić information content (AvgIpc) is 2.34. The van der Waals surface area contributed by atoms with Crippen molar-refractivity contribution in [2.45, 2.75) is 25.6 Å². The molecule has 0 spiro atoms. The number of benzene rings is 1. The van der Waals surface area contributed by atoms with Gasteiger partial charge in [-0.2, -0.15) is 13.2 Å². The maximum atomic E-state index is 11.9. The zero-order valence-electron chi connectivity index (χ0n) is 10.9. The summed E-state index contributed by atoms with van der Waals surface area (Å²) in [6.45, 7) is 0.915. The minimum absolute atomic E-state index is 0.0860. The van der Waals surface area contributed by atoms with Crippen molar-refractivity contribution in [2.75, 3.05) is 19.8 Å². The van der Waals surface area contributed by atoms with E-state index in [2.05, 4.69) is 20.7 Å². The summed E-state index contributed by atoms with van der Waals surface area (Å²) in [6, 6.07) is 5.07. The first-order valence-corrected chi connectivity index (χ1v) is 6.87. The summed E-state index contributed by atoms with van der Waals surface area (Å²) in [5.41, 5.74) is 0.587. The number of hydrogen-bond acceptors (Lipinski definition) is 3. The summed E-state index contributed by atoms with van der Waals surface area (Å²) < 4.78 is 46.0. The molecule has 0 bridgehead atoms. The van der Waals surface area contributed by atoms with Crippen LogP contribution in [0.4, 0.5) is 13.2 Å². The predicted octanol–water partition coefficient (Wildman–Crippen LogP) is 3.85. The zero-order valence-corrected chi connectivity index (χ0v) is 12.5. The van der Waals surface area contributed by atoms with Crippen LogP contribution in [-0.4, -0.2) is 31.1 Å². The van der Waals surface area contributed by atoms with E-state index in [1.165, 1.54) is 0 Å². The lowest BCUT2D eigenvalue weighted by molar-refractivity contribution is -0.175. The summed E-state index contributed by atoms with van der Waals surface area (Å²) in [5, 5.41) is 9.92. The molecule has 3 nitrogen and oxygen atoms in total. The second-order valence-corrected chi connectivity index (χ2v) is 4.94. The van der Waals surface area contributed by atoms with Gasteiger partial charge in [0.05, 0.1) is 12.7 Å². The molecule has 0 saturated carbocycles. The summed E-state index contributed by atoms with van der Waals surface area (Å²) in [6.07, 6.45) is -5.15. The number of aliphatic hydroxyl groups is 1. The summed E-state index contributed by atoms with van der Waals surface area (Å²) in [4.78, 5) is 0. The van der Waals surface area contributed by atoms with Gasteiger partial charge in [-0.25, -0.2) is 0 Å². The van der Waals surface area contributed by atoms with Crippen LogP contribution in [0.25, 0.3) is 0 Å². The van der Waals surface area contributed by atoms with E-state index in [1.807, 2.05) is 6.92 Å². The smallest absolute Gasteiger partial charge is 0.411 e. The molecule has 1 atom stereocenters. The summed E-state index contributed by atoms with van der Waals surface area (Å²) in [5.74, 6) is 0.656. The van der Waals surface area contributed by atoms with Crippen molar-refractivity contribution in [1.82, 2.24) is 0 Å². The van der Waals surface area contributed by atoms with Crippen molar-refractivity contribution in [3.05, 3.63) is 28.2 Å². The monoisotopic (exact) mass is 356 g/mol. The molecule has 0 fully saturated rings. The number of alkyl halides is 3. The van der Waals surface area contributed by atoms with Gasteiger partial charge in [0.25, 0.3) is 0 Å². The first-order chi connectivity index (χ1) is 9.33. The van der Waals surface area contributed by atoms with Crippen molar-refractivity contribution in [1.29, 1.82) is 0 Å². The third-order valence-corrected chi connectivity index (χ3v) is 3.13. The molecular weight excluding hydrogens is 341 g/mol. The Morgan fingerprint density at radius 3 is 2.60 bits per heavy atom. The normalized spacial score (nSPS) is 13.3. The van der Waals surface area contributed by atoms with Crippen molar-refractivity contribution in [3.63, 3.8) is 0 Å². The molecule has 0 aliphatic carbocycles. The van der Waals surface area contributed by atoms with Gasteiger partial charge in [0, 0.05) is 17.5 Å². The molecular formula is C13H16BrF3O3. The standard InChI is InChI=1S/C13H16BrF3O3/c1-2-20-9-3-4-10(11(14)7-9)12(18)5-6-19-8-13(15,16)17/h3-4,7,12,18H,2,5-6,8H2,1H3. The molecule has 0 aliphatic heterocycles. The molecule has 1 aromatic carbocycles. The van der Waals surface area contributed by atoms with Crippen LogP contribution in [0.5, 0.6) is 5.75 Å². The molecule has 1 rings (SSSR count). The van der Waals surface area contributed by atoms with Crippen LogP contribution in [0.15, 0.2) is 22.7 Å². The van der Waals surface area contributed by atoms with Crippen LogP contribution in [-0.2, 0) is 4.74 Å². The van der Waals surface area contributed by atoms with Crippen molar-refractivity contribution < 1.29 is 27.8 Å². The van der Waals surface area contributed by atoms with Gasteiger partial charge >= 0.3 is 6.18 Å². The summed E-state index contributed by atoms with van der Waals surface area (Å²) in [7, 11) is 0. The van der Waals surface area contributed by atoms with Gasteiger partial charge in [-0.05, 0) is 24.6 Å². The highest BCUT2D eigenvalue weighted by Gasteiger charge is 2.27. The van der Waals surface area contributed by atoms with Crippen LogP contribution >= 0.6 is 15.9 Å². The number of aliphatic hydroxyl groups excluding tert-OH is 1. The zero-order chi connectivity index (χ0) is 15.2. The predicted molar refractivity (Wildman–Crippen MR) is 71.8 cm³/mol. The highest BCUT2D eigenvalue weighted by molar-refractivity contribution is 9.10. The van der Waals surface area contributed by atoms with Crippen molar-refractivity contribution in [2.24, 2.45) is 0 Å². The molecule has 0 aliphatic rings. The van der Waals surface area contributed by atoms with Crippen LogP contribution in [0, 0.1) is 0 Å². The van der Waals surface area contributed by atoms with Crippen molar-refractivity contribution in [3.8, 4) is 5.75 Å². The lowest BCUT2D eigenvalue weighted by atomic mass is 10.1. The SMILES string of the molecule is CCOc1ccc(C(O)CCOCC(F)(F)F)c(Br)c1. The number of halogens is 4. The fourth-order valence-corrected chi connectivity index (χ4v) is 2.19. The number of hydrogen-bond donors (Lipinski definition) is 1. The third kappa shape index (κ3) is 6.11. The van der Waals surface area contributed by atoms with Gasteiger partial charge in [0.2, 0.25) is 0 Å². The highest BCUT2D eigenvalue weighted by Crippen LogP contribution is 2.29. The van der Waals surface area contributed by atoms with Gasteiger partial charge in [-0.3, -0.25) is 0 Å². The second kappa shape index (κ2) is 7.85. The van der Waals surface area contributed by atoms with Gasteiger partial charge in [0.15, 0.2) is 0 Å². The van der Waals surface area contributed by atoms with E-state index < -0.39 is 18.9 Å². The van der Waals surface area contributed by atoms with Gasteiger partial charge < -0.3 is 14.6 Å². The lowest BCUT2D eigenvalue weighted by Crippen LogP contribution is -2.18. The Morgan fingerprint density at radius 2 is 2.05 bits per heavy atom. The highest BCUT2D eigenvalue weighted by atomic mass is 79.9. The number of rotatable bonds is 7. The third-order valence-electron chi connectivity index (χ3n) is 2.44. The van der Waals surface area contributed by atoms with Crippen molar-refractivity contribution >= 4 is 15.9 Å². The first kappa shape index (κ1) is 17.3. The fraction of sp³-hybridized carbons (Fsp3) is 0.538. The molecule has 0 radical (unpaired) electrons. The lowest BCUT2D eigenvalue weighted by Gasteiger charge is -2.14. The van der Waals surface area contributed by atoms with E-state index in [0.717, 1.165) is 0 Å². The minimum atomic E-state index is -4.34. The quantitative estimate of drug-likeness (QED) is 0.754. The molecule has 7 heteroatoms. The Bertz CT molecular complexity index is 424. The van der Waals surface area contributed by atoms with E-state index in [9.17, 15) is 18.3 Å². The van der Waals surface area contributed by atoms with E-state index in [4.69, 9.17) is 4.74 Å². The van der Waals surface area contributed by atoms with E-state index in [1.54, 1.807) is 18.2 Å². The molecule has 0 amide bonds. The minimum Gasteiger partial charge on any atom is -0.494 e. The largest absolute Gasteiger partial charge is 0.494 e. The van der Waals surface area contributed by atoms with Crippen LogP contribution < -0.4 is 4.74 Å². The van der Waals surface area contributed by atoms with E-state index >= 15 is 0 Å². The molecule has 1 N–H and O–H groups in total. The Labute approximate surface area is 123 Å². The molecule has 0 aromatic heterocycles. The fourth-order valence-electron chi connectivity index (χ4n) is 1.57. The molecule has 1 unspecified atom stereocenters. The topological polar surface area (TPSA) is 38.7 Å².